The molecule has 0 radical (unpaired) electrons. The molecule has 0 aromatic carbocycles. The van der Waals surface area contributed by atoms with Crippen LogP contribution in [0, 0.1) is 11.3 Å². The Morgan fingerprint density at radius 3 is 2.47 bits per heavy atom. The summed E-state index contributed by atoms with van der Waals surface area (Å²) in [5.74, 6) is -0.164. The average Bonchev–Trinajstić information content (AvgIpc) is 3.57. The van der Waals surface area contributed by atoms with Crippen molar-refractivity contribution in [2.45, 2.75) is 102 Å². The van der Waals surface area contributed by atoms with E-state index in [1.807, 2.05) is 32.8 Å². The fourth-order valence-electron chi connectivity index (χ4n) is 5.28. The Kier molecular flexibility index (Phi) is 8.67. The number of ether oxygens (including phenoxy) is 2. The summed E-state index contributed by atoms with van der Waals surface area (Å²) < 4.78 is 12.3. The highest BCUT2D eigenvalue weighted by molar-refractivity contribution is 6.07. The standard InChI is InChI=1S/C25H45N3O6/c1-16-8-9-19(34-21-20(29)18(27(4)5)14-17(2)33-21)24(3,32)10-7-13-28(6)23(31)25(11-12-25)22(30)26-15-16/h16-21,29,32H,7-15H2,1-6H3,(H,26,30)/t16-,17-,18+,19-,20-,21?,24-/m1/s1. The third kappa shape index (κ3) is 6.10. The van der Waals surface area contributed by atoms with Gasteiger partial charge in [0.05, 0.1) is 17.8 Å². The van der Waals surface area contributed by atoms with Gasteiger partial charge in [-0.05, 0) is 78.8 Å². The zero-order valence-corrected chi connectivity index (χ0v) is 21.7. The van der Waals surface area contributed by atoms with Crippen LogP contribution < -0.4 is 5.32 Å². The van der Waals surface area contributed by atoms with Crippen LogP contribution in [-0.2, 0) is 19.1 Å². The zero-order chi connectivity index (χ0) is 25.3. The number of carbonyl (C=O) groups excluding carboxylic acids is 2. The molecule has 3 rings (SSSR count). The van der Waals surface area contributed by atoms with Gasteiger partial charge in [-0.2, -0.15) is 0 Å². The number of aliphatic hydroxyl groups excluding tert-OH is 1. The van der Waals surface area contributed by atoms with Crippen molar-refractivity contribution < 1.29 is 29.3 Å². The predicted molar refractivity (Wildman–Crippen MR) is 128 cm³/mol. The van der Waals surface area contributed by atoms with E-state index in [4.69, 9.17) is 9.47 Å². The monoisotopic (exact) mass is 483 g/mol. The molecule has 0 aromatic heterocycles. The van der Waals surface area contributed by atoms with Crippen LogP contribution in [0.5, 0.6) is 0 Å². The second-order valence-corrected chi connectivity index (χ2v) is 11.4. The molecule has 9 nitrogen and oxygen atoms in total. The van der Waals surface area contributed by atoms with Crippen LogP contribution in [0.15, 0.2) is 0 Å². The first kappa shape index (κ1) is 27.3. The molecule has 196 valence electrons. The summed E-state index contributed by atoms with van der Waals surface area (Å²) >= 11 is 0. The van der Waals surface area contributed by atoms with Crippen LogP contribution in [0.25, 0.3) is 0 Å². The van der Waals surface area contributed by atoms with E-state index in [2.05, 4.69) is 5.32 Å². The molecule has 2 heterocycles. The lowest BCUT2D eigenvalue weighted by Gasteiger charge is -2.44. The van der Waals surface area contributed by atoms with E-state index < -0.39 is 29.5 Å². The van der Waals surface area contributed by atoms with E-state index >= 15 is 0 Å². The summed E-state index contributed by atoms with van der Waals surface area (Å²) in [4.78, 5) is 29.3. The quantitative estimate of drug-likeness (QED) is 0.516. The van der Waals surface area contributed by atoms with Crippen LogP contribution in [0.1, 0.15) is 65.7 Å². The number of nitrogens with zero attached hydrogens (tertiary/aromatic N) is 2. The third-order valence-corrected chi connectivity index (χ3v) is 7.92. The van der Waals surface area contributed by atoms with Gasteiger partial charge >= 0.3 is 0 Å². The summed E-state index contributed by atoms with van der Waals surface area (Å²) in [5, 5.41) is 25.4. The number of hydrogen-bond acceptors (Lipinski definition) is 7. The van der Waals surface area contributed by atoms with Gasteiger partial charge in [-0.1, -0.05) is 6.92 Å². The summed E-state index contributed by atoms with van der Waals surface area (Å²) in [6.07, 6.45) is 1.89. The molecule has 1 aliphatic carbocycles. The van der Waals surface area contributed by atoms with Gasteiger partial charge in [-0.15, -0.1) is 0 Å². The fraction of sp³-hybridized carbons (Fsp3) is 0.920. The molecule has 2 saturated heterocycles. The van der Waals surface area contributed by atoms with Crippen molar-refractivity contribution in [1.29, 1.82) is 0 Å². The number of rotatable bonds is 3. The molecule has 1 unspecified atom stereocenters. The van der Waals surface area contributed by atoms with E-state index in [-0.39, 0.29) is 29.9 Å². The molecule has 3 N–H and O–H groups in total. The Morgan fingerprint density at radius 2 is 1.85 bits per heavy atom. The topological polar surface area (TPSA) is 112 Å². The van der Waals surface area contributed by atoms with E-state index in [1.54, 1.807) is 18.9 Å². The van der Waals surface area contributed by atoms with E-state index in [9.17, 15) is 19.8 Å². The lowest BCUT2D eigenvalue weighted by molar-refractivity contribution is -0.288. The van der Waals surface area contributed by atoms with Gasteiger partial charge in [0, 0.05) is 26.2 Å². The smallest absolute Gasteiger partial charge is 0.238 e. The maximum Gasteiger partial charge on any atom is 0.238 e. The first-order valence-corrected chi connectivity index (χ1v) is 12.8. The second-order valence-electron chi connectivity index (χ2n) is 11.4. The minimum Gasteiger partial charge on any atom is -0.387 e. The summed E-state index contributed by atoms with van der Waals surface area (Å²) in [5.41, 5.74) is -2.06. The maximum absolute atomic E-state index is 13.0. The Bertz CT molecular complexity index is 725. The molecule has 1 spiro atoms. The minimum absolute atomic E-state index is 0.0761. The first-order chi connectivity index (χ1) is 15.9. The Labute approximate surface area is 204 Å². The van der Waals surface area contributed by atoms with Crippen molar-refractivity contribution in [3.63, 3.8) is 0 Å². The Balaban J connectivity index is 1.74. The van der Waals surface area contributed by atoms with Crippen LogP contribution in [0.2, 0.25) is 0 Å². The number of likely N-dealkylation sites (N-methyl/N-ethyl adjacent to an activating group) is 1. The zero-order valence-electron chi connectivity index (χ0n) is 21.7. The molecular weight excluding hydrogens is 438 g/mol. The molecule has 2 amide bonds. The number of nitrogens with one attached hydrogen (secondary N) is 1. The van der Waals surface area contributed by atoms with E-state index in [0.717, 1.165) is 6.42 Å². The summed E-state index contributed by atoms with van der Waals surface area (Å²) in [7, 11) is 5.59. The van der Waals surface area contributed by atoms with Gasteiger partial charge in [0.1, 0.15) is 11.5 Å². The predicted octanol–water partition coefficient (Wildman–Crippen LogP) is 1.11. The van der Waals surface area contributed by atoms with Crippen LogP contribution in [0.3, 0.4) is 0 Å². The van der Waals surface area contributed by atoms with Crippen molar-refractivity contribution in [1.82, 2.24) is 15.1 Å². The molecule has 7 atom stereocenters. The van der Waals surface area contributed by atoms with Gasteiger partial charge < -0.3 is 34.8 Å². The molecule has 9 heteroatoms. The SMILES string of the molecule is C[C@@H]1CC[C@@H](OC2O[C@H](C)C[C@H](N(C)C)[C@H]2O)[C@](C)(O)CCCN(C)C(=O)C2(CC2)C(=O)NC1. The lowest BCUT2D eigenvalue weighted by Crippen LogP contribution is -2.56. The molecule has 1 saturated carbocycles. The van der Waals surface area contributed by atoms with Gasteiger partial charge in [-0.25, -0.2) is 0 Å². The number of aliphatic hydroxyl groups is 2. The molecule has 3 aliphatic rings. The lowest BCUT2D eigenvalue weighted by atomic mass is 9.87. The number of hydrogen-bond donors (Lipinski definition) is 3. The maximum atomic E-state index is 13.0. The normalized spacial score (nSPS) is 40.2. The molecule has 0 aromatic rings. The van der Waals surface area contributed by atoms with Gasteiger partial charge in [-0.3, -0.25) is 9.59 Å². The second kappa shape index (κ2) is 10.8. The summed E-state index contributed by atoms with van der Waals surface area (Å²) in [6.45, 7) is 6.70. The fourth-order valence-corrected chi connectivity index (χ4v) is 5.28. The van der Waals surface area contributed by atoms with Gasteiger partial charge in [0.2, 0.25) is 11.8 Å². The molecule has 0 bridgehead atoms. The van der Waals surface area contributed by atoms with E-state index in [1.165, 1.54) is 0 Å². The molecule has 2 aliphatic heterocycles. The van der Waals surface area contributed by atoms with Crippen molar-refractivity contribution in [3.8, 4) is 0 Å². The van der Waals surface area contributed by atoms with Crippen molar-refractivity contribution in [2.24, 2.45) is 11.3 Å². The largest absolute Gasteiger partial charge is 0.387 e. The first-order valence-electron chi connectivity index (χ1n) is 12.8. The van der Waals surface area contributed by atoms with Crippen molar-refractivity contribution in [3.05, 3.63) is 0 Å². The molecule has 34 heavy (non-hydrogen) atoms. The van der Waals surface area contributed by atoms with Gasteiger partial charge in [0.15, 0.2) is 6.29 Å². The highest BCUT2D eigenvalue weighted by Gasteiger charge is 2.57. The van der Waals surface area contributed by atoms with Crippen molar-refractivity contribution >= 4 is 11.8 Å². The van der Waals surface area contributed by atoms with Gasteiger partial charge in [0.25, 0.3) is 0 Å². The van der Waals surface area contributed by atoms with Crippen LogP contribution >= 0.6 is 0 Å². The van der Waals surface area contributed by atoms with Crippen LogP contribution in [-0.4, -0.2) is 102 Å². The average molecular weight is 484 g/mol. The Morgan fingerprint density at radius 1 is 1.18 bits per heavy atom. The molecular formula is C25H45N3O6. The number of carbonyl (C=O) groups is 2. The molecule has 3 fully saturated rings. The van der Waals surface area contributed by atoms with Crippen molar-refractivity contribution in [2.75, 3.05) is 34.2 Å². The highest BCUT2D eigenvalue weighted by Crippen LogP contribution is 2.47. The highest BCUT2D eigenvalue weighted by atomic mass is 16.7. The third-order valence-electron chi connectivity index (χ3n) is 7.92. The van der Waals surface area contributed by atoms with Crippen LogP contribution in [0.4, 0.5) is 0 Å². The number of amides is 2. The van der Waals surface area contributed by atoms with E-state index in [0.29, 0.717) is 51.6 Å². The minimum atomic E-state index is -1.16. The Hall–Kier alpha value is -1.26. The summed E-state index contributed by atoms with van der Waals surface area (Å²) in [6, 6.07) is -0.0965.